The SMILES string of the molecule is CC(=O)c1cn(CCCN2CCC3(CC2)CC(=O)c2ccccc2O3)c2c(C)cccc12.CCN(CC)C(=O)C1CCCN(CCCn2cc(C(C)=O)c3cccc(OC)c32)C1.COc1cccc2c(C(=O)Cc3ccccc3)cn(CCCN3CCC4(CC3)CC(=O)c3ccccc3O4)c12.COc1cccc2c(C(=O)c3ccccc3)cn(CCCN3CCC4(CC3)CC(=O)c3ccccc3O4)c12. The van der Waals surface area contributed by atoms with Gasteiger partial charge in [0.1, 0.15) is 51.3 Å². The molecule has 7 aliphatic heterocycles. The lowest BCUT2D eigenvalue weighted by Crippen LogP contribution is -2.51. The molecule has 9 aromatic carbocycles. The van der Waals surface area contributed by atoms with E-state index in [1.165, 1.54) is 11.1 Å². The Kier molecular flexibility index (Phi) is 30.9. The van der Waals surface area contributed by atoms with Crippen molar-refractivity contribution >= 4 is 90.0 Å². The number of piperidine rings is 4. The van der Waals surface area contributed by atoms with Gasteiger partial charge in [-0.05, 0) is 172 Å². The molecular weight excluding hydrogens is 1740 g/mol. The molecule has 139 heavy (non-hydrogen) atoms. The van der Waals surface area contributed by atoms with Gasteiger partial charge in [-0.25, -0.2) is 0 Å². The molecule has 0 saturated carbocycles. The van der Waals surface area contributed by atoms with Crippen molar-refractivity contribution in [3.05, 3.63) is 287 Å². The number of Topliss-reactive ketones (excluding diaryl/α,β-unsaturated/α-hetero) is 6. The molecule has 4 fully saturated rings. The second kappa shape index (κ2) is 44.0. The Bertz CT molecular complexity index is 6610. The van der Waals surface area contributed by atoms with E-state index in [0.717, 1.165) is 295 Å². The molecule has 4 aromatic heterocycles. The van der Waals surface area contributed by atoms with Gasteiger partial charge in [0.2, 0.25) is 5.91 Å². The van der Waals surface area contributed by atoms with Crippen molar-refractivity contribution in [3.63, 3.8) is 0 Å². The van der Waals surface area contributed by atoms with E-state index in [1.807, 2.05) is 244 Å². The maximum Gasteiger partial charge on any atom is 0.226 e. The maximum absolute atomic E-state index is 13.3. The number of ether oxygens (including phenoxy) is 6. The zero-order chi connectivity index (χ0) is 96.9. The van der Waals surface area contributed by atoms with Crippen LogP contribution in [0.3, 0.4) is 0 Å². The molecule has 1 unspecified atom stereocenters. The van der Waals surface area contributed by atoms with Gasteiger partial charge in [-0.1, -0.05) is 152 Å². The summed E-state index contributed by atoms with van der Waals surface area (Å²) in [5, 5.41) is 3.86. The number of carbonyl (C=O) groups is 8. The summed E-state index contributed by atoms with van der Waals surface area (Å²) in [5.41, 5.74) is 11.0. The minimum atomic E-state index is -0.376. The molecule has 1 atom stereocenters. The second-order valence-corrected chi connectivity index (χ2v) is 38.6. The molecule has 1 amide bonds. The quantitative estimate of drug-likeness (QED) is 0.0397. The van der Waals surface area contributed by atoms with Crippen molar-refractivity contribution < 1.29 is 66.8 Å². The van der Waals surface area contributed by atoms with Crippen molar-refractivity contribution in [2.75, 3.05) is 113 Å². The number of likely N-dealkylation sites (tertiary alicyclic amines) is 4. The molecule has 724 valence electrons. The van der Waals surface area contributed by atoms with E-state index in [2.05, 4.69) is 50.9 Å². The van der Waals surface area contributed by atoms with Crippen LogP contribution in [0.5, 0.6) is 34.5 Å². The van der Waals surface area contributed by atoms with Gasteiger partial charge in [-0.15, -0.1) is 0 Å². The number of hydrogen-bond donors (Lipinski definition) is 0. The Labute approximate surface area is 815 Å². The highest BCUT2D eigenvalue weighted by molar-refractivity contribution is 6.17. The Hall–Kier alpha value is -13.1. The summed E-state index contributed by atoms with van der Waals surface area (Å²) in [6, 6.07) is 65.9. The highest BCUT2D eigenvalue weighted by atomic mass is 16.5. The van der Waals surface area contributed by atoms with Crippen LogP contribution in [0.2, 0.25) is 0 Å². The molecule has 20 rings (SSSR count). The van der Waals surface area contributed by atoms with Gasteiger partial charge in [-0.2, -0.15) is 0 Å². The zero-order valence-electron chi connectivity index (χ0n) is 81.8. The number of carbonyl (C=O) groups excluding carboxylic acids is 8. The molecule has 4 saturated heterocycles. The Morgan fingerprint density at radius 1 is 0.381 bits per heavy atom. The fourth-order valence-corrected chi connectivity index (χ4v) is 22.1. The Morgan fingerprint density at radius 3 is 1.13 bits per heavy atom. The smallest absolute Gasteiger partial charge is 0.226 e. The number of benzene rings is 9. The zero-order valence-corrected chi connectivity index (χ0v) is 81.8. The van der Waals surface area contributed by atoms with Crippen LogP contribution in [0.25, 0.3) is 43.6 Å². The summed E-state index contributed by atoms with van der Waals surface area (Å²) >= 11 is 0. The minimum absolute atomic E-state index is 0.0209. The number of ketones is 7. The van der Waals surface area contributed by atoms with Crippen LogP contribution in [-0.2, 0) is 37.4 Å². The molecule has 0 radical (unpaired) electrons. The largest absolute Gasteiger partial charge is 0.495 e. The lowest BCUT2D eigenvalue weighted by Gasteiger charge is -2.44. The first-order valence-electron chi connectivity index (χ1n) is 49.9. The van der Waals surface area contributed by atoms with Gasteiger partial charge in [-0.3, -0.25) is 38.4 Å². The van der Waals surface area contributed by atoms with Gasteiger partial charge >= 0.3 is 0 Å². The number of methoxy groups -OCH3 is 3. The van der Waals surface area contributed by atoms with Crippen molar-refractivity contribution in [3.8, 4) is 34.5 Å². The van der Waals surface area contributed by atoms with E-state index >= 15 is 0 Å². The molecule has 23 nitrogen and oxygen atoms in total. The number of hydrogen-bond acceptors (Lipinski definition) is 18. The van der Waals surface area contributed by atoms with Crippen LogP contribution >= 0.6 is 0 Å². The lowest BCUT2D eigenvalue weighted by molar-refractivity contribution is -0.137. The predicted molar refractivity (Wildman–Crippen MR) is 545 cm³/mol. The average Bonchev–Trinajstić information content (AvgIpc) is 0.793. The van der Waals surface area contributed by atoms with Crippen LogP contribution in [0.1, 0.15) is 213 Å². The third-order valence-corrected chi connectivity index (χ3v) is 29.6. The molecule has 0 N–H and O–H groups in total. The second-order valence-electron chi connectivity index (χ2n) is 38.6. The highest BCUT2D eigenvalue weighted by Gasteiger charge is 2.46. The van der Waals surface area contributed by atoms with E-state index in [0.29, 0.717) is 53.8 Å². The van der Waals surface area contributed by atoms with Crippen LogP contribution < -0.4 is 28.4 Å². The number of fused-ring (bicyclic) bond motifs is 7. The molecule has 3 spiro atoms. The van der Waals surface area contributed by atoms with Crippen LogP contribution in [0, 0.1) is 12.8 Å². The fourth-order valence-electron chi connectivity index (χ4n) is 22.1. The maximum atomic E-state index is 13.3. The summed E-state index contributed by atoms with van der Waals surface area (Å²) in [5.74, 6) is 5.88. The molecule has 0 bridgehead atoms. The molecule has 7 aliphatic rings. The third-order valence-electron chi connectivity index (χ3n) is 29.6. The first-order valence-corrected chi connectivity index (χ1v) is 49.9. The number of aryl methyl sites for hydroxylation is 5. The summed E-state index contributed by atoms with van der Waals surface area (Å²) in [6.45, 7) is 25.6. The number of aromatic nitrogens is 4. The summed E-state index contributed by atoms with van der Waals surface area (Å²) < 4.78 is 44.8. The Morgan fingerprint density at radius 2 is 0.727 bits per heavy atom. The standard InChI is InChI=1S/C33H34N2O4.C32H32N2O4.C27H30N2O3.C24H35N3O3/c1-38-31-14-7-12-25-27(28(36)21-24-9-3-2-4-10-24)23-35(32(25)31)18-8-17-34-19-15-33(16-20-34)22-29(37)26-11-5-6-13-30(26)39-33;1-37-29-14-7-12-24-26(31(36)23-9-3-2-4-10-23)22-34(30(24)29)18-8-17-33-19-15-32(16-20-33)21-27(35)25-11-5-6-13-28(25)38-32;1-19-7-5-9-21-23(20(2)30)18-29(26(19)21)14-6-13-28-15-11-27(12-16-28)17-24(31)22-8-3-4-10-25(22)32-27;1-5-26(6-2)24(29)19-10-8-13-25(16-19)14-9-15-27-17-21(18(3)28)20-11-7-12-22(30-4)23(20)27/h2-7,9-14,23H,8,15-22H2,1H3;2-7,9-14,22H,8,15-21H2,1H3;3-5,7-10,18H,6,11-17H2,1-2H3;7,11-12,17,19H,5-6,8-10,13-16H2,1-4H3. The molecular formula is C116H131N9O14. The highest BCUT2D eigenvalue weighted by Crippen LogP contribution is 2.45. The van der Waals surface area contributed by atoms with Crippen molar-refractivity contribution in [1.29, 1.82) is 0 Å². The van der Waals surface area contributed by atoms with E-state index < -0.39 is 0 Å². The van der Waals surface area contributed by atoms with Gasteiger partial charge in [0.25, 0.3) is 0 Å². The van der Waals surface area contributed by atoms with Crippen molar-refractivity contribution in [2.45, 2.75) is 180 Å². The summed E-state index contributed by atoms with van der Waals surface area (Å²) in [7, 11) is 5.02. The van der Waals surface area contributed by atoms with Gasteiger partial charge in [0, 0.05) is 204 Å². The van der Waals surface area contributed by atoms with E-state index in [1.54, 1.807) is 35.2 Å². The van der Waals surface area contributed by atoms with Crippen LogP contribution in [-0.4, -0.2) is 219 Å². The average molecular weight is 1880 g/mol. The van der Waals surface area contributed by atoms with Gasteiger partial charge < -0.3 is 71.2 Å². The number of amides is 1. The van der Waals surface area contributed by atoms with Gasteiger partial charge in [0.05, 0.1) is 85.3 Å². The van der Waals surface area contributed by atoms with Crippen LogP contribution in [0.15, 0.2) is 231 Å². The third kappa shape index (κ3) is 21.9. The Balaban J connectivity index is 0.000000129. The topological polar surface area (TPSA) is 228 Å². The fraction of sp³-hybridized carbons (Fsp3) is 0.397. The molecule has 11 heterocycles. The van der Waals surface area contributed by atoms with Crippen LogP contribution in [0.4, 0.5) is 0 Å². The minimum Gasteiger partial charge on any atom is -0.495 e. The van der Waals surface area contributed by atoms with Crippen molar-refractivity contribution in [1.82, 2.24) is 42.8 Å². The monoisotopic (exact) mass is 1870 g/mol. The lowest BCUT2D eigenvalue weighted by atomic mass is 9.82. The first-order chi connectivity index (χ1) is 67.6. The van der Waals surface area contributed by atoms with E-state index in [-0.39, 0.29) is 63.2 Å². The van der Waals surface area contributed by atoms with Crippen molar-refractivity contribution in [2.24, 2.45) is 5.92 Å². The first kappa shape index (κ1) is 97.6. The molecule has 0 aliphatic carbocycles. The number of rotatable bonds is 29. The summed E-state index contributed by atoms with van der Waals surface area (Å²) in [4.78, 5) is 113. The number of nitrogens with zero attached hydrogens (tertiary/aromatic N) is 9. The normalized spacial score (nSPS) is 17.2. The van der Waals surface area contributed by atoms with E-state index in [4.69, 9.17) is 28.4 Å². The summed E-state index contributed by atoms with van der Waals surface area (Å²) in [6.07, 6.45) is 20.9. The molecule has 13 aromatic rings. The number of para-hydroxylation sites is 7. The van der Waals surface area contributed by atoms with E-state index in [9.17, 15) is 38.4 Å². The predicted octanol–water partition coefficient (Wildman–Crippen LogP) is 20.6. The molecule has 23 heteroatoms. The van der Waals surface area contributed by atoms with Gasteiger partial charge in [0.15, 0.2) is 40.5 Å².